The molecule has 2 unspecified atom stereocenters. The highest BCUT2D eigenvalue weighted by Gasteiger charge is 2.40. The molecule has 0 spiro atoms. The van der Waals surface area contributed by atoms with Gasteiger partial charge in [-0.05, 0) is 35.9 Å². The lowest BCUT2D eigenvalue weighted by Gasteiger charge is -2.23. The molecule has 13 heteroatoms. The van der Waals surface area contributed by atoms with Crippen LogP contribution in [0.2, 0.25) is 0 Å². The number of nitrogens with zero attached hydrogens (tertiary/aromatic N) is 7. The number of aromatic nitrogens is 6. The van der Waals surface area contributed by atoms with Gasteiger partial charge in [-0.25, -0.2) is 8.91 Å². The number of nitrogens with one attached hydrogen (secondary N) is 1. The van der Waals surface area contributed by atoms with Crippen LogP contribution < -0.4 is 11.1 Å². The van der Waals surface area contributed by atoms with Crippen LogP contribution >= 0.6 is 0 Å². The second-order valence-corrected chi connectivity index (χ2v) is 9.57. The molecule has 1 saturated heterocycles. The van der Waals surface area contributed by atoms with Gasteiger partial charge >= 0.3 is 0 Å². The minimum absolute atomic E-state index is 0.0168. The number of likely N-dealkylation sites (tertiary alicyclic amines) is 1. The molecule has 12 nitrogen and oxygen atoms in total. The number of fused-ring (bicyclic) bond motifs is 2. The van der Waals surface area contributed by atoms with Crippen LogP contribution in [0.3, 0.4) is 0 Å². The largest absolute Gasteiger partial charge is 0.364 e. The number of benzene rings is 1. The fourth-order valence-corrected chi connectivity index (χ4v) is 5.03. The van der Waals surface area contributed by atoms with Crippen LogP contribution in [0.1, 0.15) is 22.5 Å². The van der Waals surface area contributed by atoms with Gasteiger partial charge in [-0.15, -0.1) is 6.42 Å². The molecular weight excluding hydrogens is 529 g/mol. The molecule has 4 aromatic heterocycles. The Morgan fingerprint density at radius 3 is 2.68 bits per heavy atom. The van der Waals surface area contributed by atoms with Crippen LogP contribution in [0.5, 0.6) is 0 Å². The standard InChI is InChI=1S/C28H22FN9O3/c1-2-16-3-5-23-21(12-33-37(23)13-16)34-28(41)24-10-19(29)14-36(24)25(39)15-38-22-6-4-17(18-7-8-31-32-11-18)9-20(22)26(35-38)27(30)40/h1,3-9,11-13,19,24H,10,14-15H2,(H2,30,40)(H,34,41). The lowest BCUT2D eigenvalue weighted by Crippen LogP contribution is -2.44. The van der Waals surface area contributed by atoms with Crippen molar-refractivity contribution in [1.29, 1.82) is 0 Å². The lowest BCUT2D eigenvalue weighted by molar-refractivity contribution is -0.137. The smallest absolute Gasteiger partial charge is 0.269 e. The van der Waals surface area contributed by atoms with Gasteiger partial charge in [-0.3, -0.25) is 19.1 Å². The number of hydrogen-bond acceptors (Lipinski definition) is 7. The van der Waals surface area contributed by atoms with E-state index in [-0.39, 0.29) is 25.2 Å². The molecule has 0 aliphatic carbocycles. The Balaban J connectivity index is 1.25. The van der Waals surface area contributed by atoms with Crippen molar-refractivity contribution >= 4 is 39.8 Å². The Bertz CT molecular complexity index is 1880. The van der Waals surface area contributed by atoms with E-state index in [9.17, 15) is 18.8 Å². The molecule has 0 saturated carbocycles. The topological polar surface area (TPSA) is 153 Å². The van der Waals surface area contributed by atoms with E-state index in [1.54, 1.807) is 55.0 Å². The molecule has 41 heavy (non-hydrogen) atoms. The summed E-state index contributed by atoms with van der Waals surface area (Å²) in [7, 11) is 0. The zero-order valence-corrected chi connectivity index (χ0v) is 21.4. The predicted molar refractivity (Wildman–Crippen MR) is 146 cm³/mol. The van der Waals surface area contributed by atoms with Gasteiger partial charge in [0, 0.05) is 29.1 Å². The maximum absolute atomic E-state index is 14.6. The number of amides is 3. The van der Waals surface area contributed by atoms with Gasteiger partial charge in [-0.2, -0.15) is 20.4 Å². The zero-order valence-electron chi connectivity index (χ0n) is 21.4. The van der Waals surface area contributed by atoms with Crippen molar-refractivity contribution in [1.82, 2.24) is 34.5 Å². The van der Waals surface area contributed by atoms with Gasteiger partial charge in [-0.1, -0.05) is 12.0 Å². The summed E-state index contributed by atoms with van der Waals surface area (Å²) in [6.07, 6.45) is 10.1. The molecule has 1 aliphatic heterocycles. The second kappa shape index (κ2) is 10.2. The third-order valence-electron chi connectivity index (χ3n) is 7.00. The first-order chi connectivity index (χ1) is 19.8. The molecule has 0 bridgehead atoms. The number of alkyl halides is 1. The average molecular weight is 552 g/mol. The van der Waals surface area contributed by atoms with E-state index in [4.69, 9.17) is 12.2 Å². The lowest BCUT2D eigenvalue weighted by atomic mass is 10.0. The Labute approximate surface area is 231 Å². The molecule has 2 atom stereocenters. The van der Waals surface area contributed by atoms with E-state index in [1.165, 1.54) is 20.3 Å². The van der Waals surface area contributed by atoms with E-state index in [0.29, 0.717) is 27.7 Å². The first-order valence-corrected chi connectivity index (χ1v) is 12.6. The van der Waals surface area contributed by atoms with Crippen LogP contribution in [0, 0.1) is 12.3 Å². The van der Waals surface area contributed by atoms with Gasteiger partial charge in [0.25, 0.3) is 5.91 Å². The summed E-state index contributed by atoms with van der Waals surface area (Å²) in [6, 6.07) is 9.36. The van der Waals surface area contributed by atoms with E-state index >= 15 is 0 Å². The van der Waals surface area contributed by atoms with E-state index in [0.717, 1.165) is 11.1 Å². The van der Waals surface area contributed by atoms with E-state index in [2.05, 4.69) is 31.6 Å². The summed E-state index contributed by atoms with van der Waals surface area (Å²) in [5.41, 5.74) is 9.17. The minimum atomic E-state index is -1.39. The van der Waals surface area contributed by atoms with Gasteiger partial charge in [0.2, 0.25) is 11.8 Å². The number of carbonyl (C=O) groups is 3. The SMILES string of the molecule is C#Cc1ccc2c(NC(=O)C3CC(F)CN3C(=O)Cn3nc(C(N)=O)c4cc(-c5ccnnc5)ccc43)cnn2c1. The molecule has 0 radical (unpaired) electrons. The molecule has 5 heterocycles. The highest BCUT2D eigenvalue weighted by molar-refractivity contribution is 6.05. The number of rotatable bonds is 6. The molecule has 204 valence electrons. The Morgan fingerprint density at radius 2 is 1.93 bits per heavy atom. The third kappa shape index (κ3) is 4.71. The molecule has 3 amide bonds. The molecule has 1 fully saturated rings. The zero-order chi connectivity index (χ0) is 28.7. The number of nitrogens with two attached hydrogens (primary N) is 1. The molecule has 1 aromatic carbocycles. The normalized spacial score (nSPS) is 16.6. The summed E-state index contributed by atoms with van der Waals surface area (Å²) in [6.45, 7) is -0.583. The van der Waals surface area contributed by atoms with Crippen molar-refractivity contribution in [3.63, 3.8) is 0 Å². The first-order valence-electron chi connectivity index (χ1n) is 12.6. The van der Waals surface area contributed by atoms with Crippen molar-refractivity contribution in [3.05, 3.63) is 72.4 Å². The number of carbonyl (C=O) groups excluding carboxylic acids is 3. The number of hydrogen-bond donors (Lipinski definition) is 2. The molecule has 1 aliphatic rings. The van der Waals surface area contributed by atoms with Crippen molar-refractivity contribution in [2.24, 2.45) is 5.73 Å². The maximum atomic E-state index is 14.6. The summed E-state index contributed by atoms with van der Waals surface area (Å²) in [5.74, 6) is 0.663. The average Bonchev–Trinajstić information content (AvgIpc) is 3.68. The summed E-state index contributed by atoms with van der Waals surface area (Å²) in [5, 5.41) is 19.3. The minimum Gasteiger partial charge on any atom is -0.364 e. The quantitative estimate of drug-likeness (QED) is 0.305. The molecular formula is C28H22FN9O3. The summed E-state index contributed by atoms with van der Waals surface area (Å²) < 4.78 is 17.4. The number of anilines is 1. The number of terminal acetylenes is 1. The molecule has 6 rings (SSSR count). The molecule has 3 N–H and O–H groups in total. The highest BCUT2D eigenvalue weighted by Crippen LogP contribution is 2.28. The monoisotopic (exact) mass is 551 g/mol. The van der Waals surface area contributed by atoms with Crippen molar-refractivity contribution < 1.29 is 18.8 Å². The Hall–Kier alpha value is -5.64. The fraction of sp³-hybridized carbons (Fsp3) is 0.179. The fourth-order valence-electron chi connectivity index (χ4n) is 5.03. The van der Waals surface area contributed by atoms with Crippen LogP contribution in [0.25, 0.3) is 27.5 Å². The first kappa shape index (κ1) is 25.6. The van der Waals surface area contributed by atoms with Crippen LogP contribution in [-0.4, -0.2) is 71.0 Å². The van der Waals surface area contributed by atoms with E-state index < -0.39 is 29.9 Å². The third-order valence-corrected chi connectivity index (χ3v) is 7.00. The van der Waals surface area contributed by atoms with Crippen LogP contribution in [0.4, 0.5) is 10.1 Å². The van der Waals surface area contributed by atoms with Gasteiger partial charge in [0.05, 0.1) is 41.9 Å². The van der Waals surface area contributed by atoms with Crippen molar-refractivity contribution in [2.75, 3.05) is 11.9 Å². The van der Waals surface area contributed by atoms with Gasteiger partial charge in [0.15, 0.2) is 5.69 Å². The van der Waals surface area contributed by atoms with Crippen molar-refractivity contribution in [2.45, 2.75) is 25.2 Å². The van der Waals surface area contributed by atoms with Gasteiger partial charge in [0.1, 0.15) is 18.8 Å². The van der Waals surface area contributed by atoms with Crippen molar-refractivity contribution in [3.8, 4) is 23.5 Å². The second-order valence-electron chi connectivity index (χ2n) is 9.57. The Kier molecular flexibility index (Phi) is 6.35. The van der Waals surface area contributed by atoms with Crippen LogP contribution in [0.15, 0.2) is 61.2 Å². The summed E-state index contributed by atoms with van der Waals surface area (Å²) in [4.78, 5) is 40.0. The van der Waals surface area contributed by atoms with Crippen LogP contribution in [-0.2, 0) is 16.1 Å². The maximum Gasteiger partial charge on any atom is 0.269 e. The highest BCUT2D eigenvalue weighted by atomic mass is 19.1. The number of halogens is 1. The number of pyridine rings is 1. The Morgan fingerprint density at radius 1 is 1.10 bits per heavy atom. The number of primary amides is 1. The van der Waals surface area contributed by atoms with E-state index in [1.807, 2.05) is 0 Å². The van der Waals surface area contributed by atoms with Gasteiger partial charge < -0.3 is 16.0 Å². The predicted octanol–water partition coefficient (Wildman–Crippen LogP) is 1.80. The summed E-state index contributed by atoms with van der Waals surface area (Å²) >= 11 is 0. The molecule has 5 aromatic rings.